The summed E-state index contributed by atoms with van der Waals surface area (Å²) in [5.41, 5.74) is 0.522. The minimum atomic E-state index is -0.563. The van der Waals surface area contributed by atoms with E-state index in [4.69, 9.17) is 0 Å². The van der Waals surface area contributed by atoms with Crippen molar-refractivity contribution in [1.82, 2.24) is 0 Å². The third-order valence-electron chi connectivity index (χ3n) is 8.35. The molecular formula is C20H32O3. The largest absolute Gasteiger partial charge is 0.393 e. The Morgan fingerprint density at radius 1 is 0.957 bits per heavy atom. The predicted molar refractivity (Wildman–Crippen MR) is 89.7 cm³/mol. The number of hydrogen-bond acceptors (Lipinski definition) is 3. The van der Waals surface area contributed by atoms with E-state index in [1.165, 1.54) is 0 Å². The van der Waals surface area contributed by atoms with Gasteiger partial charge in [0.1, 0.15) is 0 Å². The molecule has 2 bridgehead atoms. The predicted octanol–water partition coefficient (Wildman–Crippen LogP) is 2.89. The highest BCUT2D eigenvalue weighted by Crippen LogP contribution is 2.71. The van der Waals surface area contributed by atoms with Gasteiger partial charge in [-0.05, 0) is 66.3 Å². The summed E-state index contributed by atoms with van der Waals surface area (Å²) in [4.78, 5) is 0. The van der Waals surface area contributed by atoms with Gasteiger partial charge in [-0.15, -0.1) is 0 Å². The molecular weight excluding hydrogens is 288 g/mol. The van der Waals surface area contributed by atoms with Crippen molar-refractivity contribution in [3.63, 3.8) is 0 Å². The summed E-state index contributed by atoms with van der Waals surface area (Å²) >= 11 is 0. The van der Waals surface area contributed by atoms with Gasteiger partial charge in [0.25, 0.3) is 0 Å². The lowest BCUT2D eigenvalue weighted by atomic mass is 9.39. The van der Waals surface area contributed by atoms with Crippen molar-refractivity contribution < 1.29 is 15.3 Å². The minimum absolute atomic E-state index is 0.0773. The van der Waals surface area contributed by atoms with E-state index in [0.717, 1.165) is 37.7 Å². The summed E-state index contributed by atoms with van der Waals surface area (Å²) in [7, 11) is 0. The number of rotatable bonds is 0. The Kier molecular flexibility index (Phi) is 3.23. The second kappa shape index (κ2) is 4.62. The quantitative estimate of drug-likeness (QED) is 0.602. The Balaban J connectivity index is 1.86. The van der Waals surface area contributed by atoms with Gasteiger partial charge >= 0.3 is 0 Å². The first kappa shape index (κ1) is 16.1. The van der Waals surface area contributed by atoms with Gasteiger partial charge in [-0.2, -0.15) is 0 Å². The van der Waals surface area contributed by atoms with Crippen LogP contribution in [0.15, 0.2) is 12.2 Å². The molecule has 0 aromatic heterocycles. The van der Waals surface area contributed by atoms with Crippen LogP contribution in [0, 0.1) is 34.0 Å². The van der Waals surface area contributed by atoms with Gasteiger partial charge in [0.15, 0.2) is 0 Å². The molecule has 1 spiro atoms. The first-order chi connectivity index (χ1) is 10.6. The fourth-order valence-electron chi connectivity index (χ4n) is 8.00. The molecule has 4 saturated carbocycles. The lowest BCUT2D eigenvalue weighted by Gasteiger charge is -2.66. The second-order valence-corrected chi connectivity index (χ2v) is 9.99. The van der Waals surface area contributed by atoms with E-state index in [-0.39, 0.29) is 40.1 Å². The van der Waals surface area contributed by atoms with E-state index in [1.807, 2.05) is 0 Å². The van der Waals surface area contributed by atoms with Crippen LogP contribution in [0.2, 0.25) is 0 Å². The molecule has 4 fully saturated rings. The van der Waals surface area contributed by atoms with Crippen molar-refractivity contribution in [2.75, 3.05) is 0 Å². The Morgan fingerprint density at radius 3 is 2.35 bits per heavy atom. The molecule has 4 aliphatic rings. The molecule has 0 heterocycles. The van der Waals surface area contributed by atoms with Crippen LogP contribution in [0.4, 0.5) is 0 Å². The van der Waals surface area contributed by atoms with Gasteiger partial charge in [-0.1, -0.05) is 33.8 Å². The number of aliphatic hydroxyl groups is 3. The Labute approximate surface area is 139 Å². The summed E-state index contributed by atoms with van der Waals surface area (Å²) in [6.07, 6.45) is 4.25. The molecule has 0 amide bonds. The smallest absolute Gasteiger partial charge is 0.0811 e. The summed E-state index contributed by atoms with van der Waals surface area (Å²) in [5, 5.41) is 33.2. The monoisotopic (exact) mass is 320 g/mol. The number of hydrogen-bond donors (Lipinski definition) is 3. The highest BCUT2D eigenvalue weighted by Gasteiger charge is 2.70. The molecule has 4 rings (SSSR count). The summed E-state index contributed by atoms with van der Waals surface area (Å²) < 4.78 is 0. The molecule has 0 aromatic rings. The minimum Gasteiger partial charge on any atom is -0.393 e. The van der Waals surface area contributed by atoms with Crippen molar-refractivity contribution in [2.24, 2.45) is 34.0 Å². The molecule has 130 valence electrons. The summed E-state index contributed by atoms with van der Waals surface area (Å²) in [5.74, 6) is 0.500. The van der Waals surface area contributed by atoms with Crippen molar-refractivity contribution in [2.45, 2.75) is 77.6 Å². The average Bonchev–Trinajstić information content (AvgIpc) is 2.58. The Morgan fingerprint density at radius 2 is 1.65 bits per heavy atom. The molecule has 8 atom stereocenters. The van der Waals surface area contributed by atoms with Gasteiger partial charge in [-0.25, -0.2) is 0 Å². The molecule has 4 aliphatic carbocycles. The third kappa shape index (κ3) is 1.82. The van der Waals surface area contributed by atoms with Crippen LogP contribution in [-0.2, 0) is 0 Å². The lowest BCUT2D eigenvalue weighted by Crippen LogP contribution is -2.66. The third-order valence-corrected chi connectivity index (χ3v) is 8.35. The summed E-state index contributed by atoms with van der Waals surface area (Å²) in [6.45, 7) is 11.0. The van der Waals surface area contributed by atoms with E-state index in [0.29, 0.717) is 6.42 Å². The fraction of sp³-hybridized carbons (Fsp3) is 0.900. The van der Waals surface area contributed by atoms with Crippen LogP contribution in [0.25, 0.3) is 0 Å². The molecule has 0 aromatic carbocycles. The van der Waals surface area contributed by atoms with E-state index in [9.17, 15) is 15.3 Å². The van der Waals surface area contributed by atoms with Gasteiger partial charge in [-0.3, -0.25) is 0 Å². The maximum absolute atomic E-state index is 11.1. The first-order valence-corrected chi connectivity index (χ1v) is 9.36. The zero-order valence-electron chi connectivity index (χ0n) is 14.8. The standard InChI is InChI=1S/C20H32O3/c1-11-12-8-13(21)16-19(4)7-5-6-18(2,3)15(19)14(22)10-20(16,9-12)17(11)23/h12-17,21-23H,1,5-10H2,2-4H3/t12-,13+,14+,15-,16+,17-,19-,20+/m1/s1. The average molecular weight is 320 g/mol. The first-order valence-electron chi connectivity index (χ1n) is 9.36. The molecule has 0 aliphatic heterocycles. The highest BCUT2D eigenvalue weighted by atomic mass is 16.3. The molecule has 0 radical (unpaired) electrons. The zero-order valence-corrected chi connectivity index (χ0v) is 14.8. The molecule has 3 heteroatoms. The van der Waals surface area contributed by atoms with E-state index in [1.54, 1.807) is 0 Å². The number of fused-ring (bicyclic) bond motifs is 3. The van der Waals surface area contributed by atoms with E-state index in [2.05, 4.69) is 27.4 Å². The van der Waals surface area contributed by atoms with Gasteiger partial charge in [0.05, 0.1) is 18.3 Å². The van der Waals surface area contributed by atoms with Crippen LogP contribution >= 0.6 is 0 Å². The molecule has 3 nitrogen and oxygen atoms in total. The van der Waals surface area contributed by atoms with Crippen molar-refractivity contribution >= 4 is 0 Å². The number of aliphatic hydroxyl groups excluding tert-OH is 3. The Hall–Kier alpha value is -0.380. The fourth-order valence-corrected chi connectivity index (χ4v) is 8.00. The Bertz CT molecular complexity index is 541. The second-order valence-electron chi connectivity index (χ2n) is 9.99. The van der Waals surface area contributed by atoms with Gasteiger partial charge in [0.2, 0.25) is 0 Å². The van der Waals surface area contributed by atoms with Crippen molar-refractivity contribution in [1.29, 1.82) is 0 Å². The topological polar surface area (TPSA) is 60.7 Å². The lowest BCUT2D eigenvalue weighted by molar-refractivity contribution is -0.239. The van der Waals surface area contributed by atoms with Gasteiger partial charge in [0, 0.05) is 5.41 Å². The van der Waals surface area contributed by atoms with Crippen molar-refractivity contribution in [3.8, 4) is 0 Å². The highest BCUT2D eigenvalue weighted by molar-refractivity contribution is 5.29. The van der Waals surface area contributed by atoms with Crippen LogP contribution in [0.3, 0.4) is 0 Å². The van der Waals surface area contributed by atoms with Crippen LogP contribution < -0.4 is 0 Å². The van der Waals surface area contributed by atoms with Crippen molar-refractivity contribution in [3.05, 3.63) is 12.2 Å². The maximum Gasteiger partial charge on any atom is 0.0811 e. The summed E-state index contributed by atoms with van der Waals surface area (Å²) in [6, 6.07) is 0. The molecule has 0 unspecified atom stereocenters. The van der Waals surface area contributed by atoms with Crippen LogP contribution in [-0.4, -0.2) is 33.6 Å². The SMILES string of the molecule is C=C1[C@@H]2C[C@H](O)[C@H]3[C@]4(C)CCCC(C)(C)[C@H]4[C@@H](O)C[C@]3(C2)[C@@H]1O. The molecule has 0 saturated heterocycles. The molecule has 23 heavy (non-hydrogen) atoms. The van der Waals surface area contributed by atoms with Gasteiger partial charge < -0.3 is 15.3 Å². The zero-order chi connectivity index (χ0) is 16.8. The van der Waals surface area contributed by atoms with Crippen LogP contribution in [0.5, 0.6) is 0 Å². The maximum atomic E-state index is 11.1. The van der Waals surface area contributed by atoms with Crippen LogP contribution in [0.1, 0.15) is 59.3 Å². The normalized spacial score (nSPS) is 57.7. The van der Waals surface area contributed by atoms with E-state index < -0.39 is 12.2 Å². The van der Waals surface area contributed by atoms with E-state index >= 15 is 0 Å². The molecule has 3 N–H and O–H groups in total.